The zero-order valence-corrected chi connectivity index (χ0v) is 63.6. The highest BCUT2D eigenvalue weighted by atomic mass is 79.9. The predicted molar refractivity (Wildman–Crippen MR) is 376 cm³/mol. The molecule has 0 amide bonds. The van der Waals surface area contributed by atoms with Gasteiger partial charge in [0.25, 0.3) is 0 Å². The number of hydrogen-bond donors (Lipinski definition) is 2. The molecule has 0 radical (unpaired) electrons. The Morgan fingerprint density at radius 3 is 1.16 bits per heavy atom. The summed E-state index contributed by atoms with van der Waals surface area (Å²) in [6, 6.07) is 28.3. The number of carbonyl (C=O) groups excluding carboxylic acids is 6. The standard InChI is InChI=1S/2C10H6BrF3O4S.C10H8BrNO.C10H6BrNO.C10H9BrO2.C10H10O2.C9H7BrO2/c2*11-9-6-1-3-7(15)5(6)2-4-8(9)18-19(16,17)10(12,13)14;2*11-10-6(5-12)1-2-7-8(10)3-4-9(7)13;1-13-9-5-3-6-7(10(9)11)2-4-8(6)12;1-12-8-3-4-9-7(6-8)2-5-10(9)11;10-9-6-2-3-7(11)5(6)1-4-8(9)12/h2*2,4H,1,3H2;1-2,9,13H,3-4H2;1-2H,3-4H2;3,5H,2,4H2,1H3;3-4,6H,2,5H2,1H3;1,4,12H,2-3H2/t;;9-;;;;/m..0..../s1. The molecule has 7 aromatic rings. The van der Waals surface area contributed by atoms with Crippen LogP contribution in [0.5, 0.6) is 28.7 Å². The number of alkyl halides is 6. The Labute approximate surface area is 624 Å². The monoisotopic (exact) mass is 1820 g/mol. The van der Waals surface area contributed by atoms with Crippen molar-refractivity contribution in [3.63, 3.8) is 0 Å². The summed E-state index contributed by atoms with van der Waals surface area (Å²) in [7, 11) is -8.17. The third-order valence-corrected chi connectivity index (χ3v) is 23.8. The number of nitrogens with zero attached hydrogens (tertiary/aromatic N) is 2. The molecule has 2 N–H and O–H groups in total. The Balaban J connectivity index is 0.000000151. The van der Waals surface area contributed by atoms with E-state index < -0.39 is 42.8 Å². The highest BCUT2D eigenvalue weighted by Crippen LogP contribution is 2.43. The topological polar surface area (TPSA) is 296 Å². The molecule has 0 aromatic heterocycles. The summed E-state index contributed by atoms with van der Waals surface area (Å²) < 4.78 is 139. The van der Waals surface area contributed by atoms with Crippen molar-refractivity contribution in [2.24, 2.45) is 0 Å². The van der Waals surface area contributed by atoms with Crippen molar-refractivity contribution >= 4 is 151 Å². The molecule has 18 nitrogen and oxygen atoms in total. The zero-order valence-electron chi connectivity index (χ0n) is 52.5. The van der Waals surface area contributed by atoms with Crippen LogP contribution in [0.1, 0.15) is 169 Å². The van der Waals surface area contributed by atoms with Gasteiger partial charge in [-0.3, -0.25) is 28.8 Å². The van der Waals surface area contributed by atoms with E-state index in [1.807, 2.05) is 36.4 Å². The van der Waals surface area contributed by atoms with Crippen LogP contribution in [-0.4, -0.2) is 87.0 Å². The second-order valence-electron chi connectivity index (χ2n) is 22.6. The molecule has 0 fully saturated rings. The second-order valence-corrected chi connectivity index (χ2v) is 30.4. The normalized spacial score (nSPS) is 15.5. The smallest absolute Gasteiger partial charge is 0.507 e. The molecule has 101 heavy (non-hydrogen) atoms. The molecule has 0 spiro atoms. The lowest BCUT2D eigenvalue weighted by Gasteiger charge is -2.12. The fourth-order valence-corrected chi connectivity index (χ4v) is 16.3. The molecule has 0 unspecified atom stereocenters. The van der Waals surface area contributed by atoms with Crippen molar-refractivity contribution in [3.8, 4) is 40.9 Å². The van der Waals surface area contributed by atoms with Gasteiger partial charge in [0, 0.05) is 80.9 Å². The number of methoxy groups -OCH3 is 2. The van der Waals surface area contributed by atoms with Crippen LogP contribution >= 0.6 is 95.6 Å². The number of aromatic hydroxyl groups is 1. The summed E-state index contributed by atoms with van der Waals surface area (Å²) in [4.78, 5) is 67.9. The van der Waals surface area contributed by atoms with Crippen LogP contribution in [0.2, 0.25) is 0 Å². The van der Waals surface area contributed by atoms with Crippen LogP contribution in [-0.2, 0) is 65.2 Å². The minimum absolute atomic E-state index is 0.0590. The van der Waals surface area contributed by atoms with Gasteiger partial charge in [-0.05, 0) is 276 Å². The van der Waals surface area contributed by atoms with E-state index in [4.69, 9.17) is 20.0 Å². The molecule has 14 rings (SSSR count). The van der Waals surface area contributed by atoms with E-state index in [1.54, 1.807) is 44.6 Å². The number of ketones is 6. The number of fused-ring (bicyclic) bond motifs is 7. The third-order valence-electron chi connectivity index (χ3n) is 16.6. The average molecular weight is 1820 g/mol. The largest absolute Gasteiger partial charge is 0.534 e. The molecule has 0 heterocycles. The highest BCUT2D eigenvalue weighted by molar-refractivity contribution is 9.11. The number of ether oxygens (including phenoxy) is 2. The quantitative estimate of drug-likeness (QED) is 0.0888. The number of phenolic OH excluding ortho intramolecular Hbond substituents is 1. The Bertz CT molecular complexity index is 4770. The van der Waals surface area contributed by atoms with Crippen molar-refractivity contribution in [1.82, 2.24) is 0 Å². The van der Waals surface area contributed by atoms with E-state index in [0.717, 1.165) is 131 Å². The minimum Gasteiger partial charge on any atom is -0.507 e. The van der Waals surface area contributed by atoms with Crippen LogP contribution in [0, 0.1) is 22.7 Å². The summed E-state index contributed by atoms with van der Waals surface area (Å²) in [6.45, 7) is 0. The number of carbonyl (C=O) groups is 6. The van der Waals surface area contributed by atoms with E-state index in [9.17, 15) is 82.2 Å². The van der Waals surface area contributed by atoms with Gasteiger partial charge in [-0.25, -0.2) is 0 Å². The first-order valence-corrected chi connectivity index (χ1v) is 37.5. The zero-order chi connectivity index (χ0) is 74.4. The van der Waals surface area contributed by atoms with Crippen LogP contribution in [0.25, 0.3) is 0 Å². The van der Waals surface area contributed by atoms with E-state index in [0.29, 0.717) is 76.4 Å². The third kappa shape index (κ3) is 17.9. The lowest BCUT2D eigenvalue weighted by molar-refractivity contribution is -0.0505. The lowest BCUT2D eigenvalue weighted by Crippen LogP contribution is -2.28. The summed E-state index contributed by atoms with van der Waals surface area (Å²) in [5.41, 5.74) is 1.33. The maximum Gasteiger partial charge on any atom is 0.534 e. The van der Waals surface area contributed by atoms with Gasteiger partial charge in [0.2, 0.25) is 0 Å². The van der Waals surface area contributed by atoms with E-state index in [1.165, 1.54) is 12.1 Å². The minimum atomic E-state index is -5.72. The first-order valence-electron chi connectivity index (χ1n) is 30.0. The Morgan fingerprint density at radius 1 is 0.416 bits per heavy atom. The number of benzene rings is 7. The molecule has 0 saturated carbocycles. The van der Waals surface area contributed by atoms with E-state index in [-0.39, 0.29) is 68.3 Å². The summed E-state index contributed by atoms with van der Waals surface area (Å²) in [6.07, 6.45) is 8.02. The fraction of sp³-hybridized carbons (Fsp3) is 0.275. The number of hydrogen-bond acceptors (Lipinski definition) is 18. The maximum atomic E-state index is 12.2. The molecule has 1 atom stereocenters. The van der Waals surface area contributed by atoms with Gasteiger partial charge in [-0.15, -0.1) is 0 Å². The SMILES string of the molecule is COc1ccc2c(c1)CCC2=O.COc1ccc2c(c1Br)CCC2=O.N#Cc1ccc2c(c1Br)CCC2=O.N#Cc1ccc2c(c1Br)CC[C@@H]2O.O=C1CCc2c1ccc(O)c2Br.O=C1CCc2c1ccc(OS(=O)(=O)C(F)(F)F)c2Br.O=C1CCc2c1ccc(OS(=O)(=O)C(F)(F)F)c2Br. The van der Waals surface area contributed by atoms with E-state index in [2.05, 4.69) is 116 Å². The summed E-state index contributed by atoms with van der Waals surface area (Å²) >= 11 is 19.4. The number of halogens is 12. The van der Waals surface area contributed by atoms with Crippen LogP contribution in [0.3, 0.4) is 0 Å². The maximum absolute atomic E-state index is 12.2. The fourth-order valence-electron chi connectivity index (χ4n) is 11.4. The van der Waals surface area contributed by atoms with Gasteiger partial charge in [0.15, 0.2) is 46.2 Å². The van der Waals surface area contributed by atoms with Crippen molar-refractivity contribution in [2.45, 2.75) is 107 Å². The van der Waals surface area contributed by atoms with Gasteiger partial charge in [0.1, 0.15) is 29.4 Å². The number of phenols is 1. The lowest BCUT2D eigenvalue weighted by atomic mass is 10.1. The first-order chi connectivity index (χ1) is 47.5. The van der Waals surface area contributed by atoms with Gasteiger partial charge in [0.05, 0.1) is 49.3 Å². The molecule has 7 aliphatic rings. The predicted octanol–water partition coefficient (Wildman–Crippen LogP) is 17.1. The van der Waals surface area contributed by atoms with Crippen LogP contribution in [0.15, 0.2) is 118 Å². The van der Waals surface area contributed by atoms with Crippen molar-refractivity contribution < 1.29 is 100.0 Å². The molecule has 0 saturated heterocycles. The molecule has 0 aliphatic heterocycles. The Kier molecular flexibility index (Phi) is 26.1. The molecule has 7 aliphatic carbocycles. The molecule has 530 valence electrons. The van der Waals surface area contributed by atoms with Gasteiger partial charge < -0.3 is 28.1 Å². The van der Waals surface area contributed by atoms with Crippen molar-refractivity contribution in [1.29, 1.82) is 10.5 Å². The van der Waals surface area contributed by atoms with Gasteiger partial charge in [-0.1, -0.05) is 6.07 Å². The number of rotatable bonds is 6. The average Bonchev–Trinajstić information content (AvgIpc) is 1.76. The number of aryl methyl sites for hydroxylation is 1. The highest BCUT2D eigenvalue weighted by Gasteiger charge is 2.50. The Morgan fingerprint density at radius 2 is 0.752 bits per heavy atom. The number of aliphatic hydroxyl groups excluding tert-OH is 1. The van der Waals surface area contributed by atoms with Gasteiger partial charge in [-0.2, -0.15) is 53.7 Å². The number of aliphatic hydroxyl groups is 1. The van der Waals surface area contributed by atoms with Crippen LogP contribution in [0.4, 0.5) is 26.3 Å². The second kappa shape index (κ2) is 33.1. The first kappa shape index (κ1) is 79.6. The van der Waals surface area contributed by atoms with Crippen molar-refractivity contribution in [3.05, 3.63) is 207 Å². The number of Topliss-reactive ketones (excluding diaryl/α,β-unsaturated/α-hetero) is 6. The molecule has 0 bridgehead atoms. The summed E-state index contributed by atoms with van der Waals surface area (Å²) in [5.74, 6) is 1.45. The number of nitriles is 2. The van der Waals surface area contributed by atoms with Crippen LogP contribution < -0.4 is 17.8 Å². The molecular formula is C69H52Br6F6N2O16S2. The Hall–Kier alpha value is -7.14. The van der Waals surface area contributed by atoms with Crippen molar-refractivity contribution in [2.75, 3.05) is 14.2 Å². The van der Waals surface area contributed by atoms with Gasteiger partial charge >= 0.3 is 31.3 Å². The molecule has 32 heteroatoms. The summed E-state index contributed by atoms with van der Waals surface area (Å²) in [5, 5.41) is 36.4. The molecule has 7 aromatic carbocycles. The van der Waals surface area contributed by atoms with E-state index >= 15 is 0 Å². The molecular weight excluding hydrogens is 1770 g/mol.